The molecule has 0 aliphatic rings. The van der Waals surface area contributed by atoms with Crippen LogP contribution in [0, 0.1) is 6.92 Å². The largest absolute Gasteiger partial charge is 0.465 e. The van der Waals surface area contributed by atoms with E-state index in [1.165, 1.54) is 11.8 Å². The Morgan fingerprint density at radius 2 is 2.47 bits per heavy atom. The summed E-state index contributed by atoms with van der Waals surface area (Å²) in [6, 6.07) is -0.265. The van der Waals surface area contributed by atoms with E-state index in [1.54, 1.807) is 20.2 Å². The van der Waals surface area contributed by atoms with Crippen LogP contribution in [0.4, 0.5) is 0 Å². The summed E-state index contributed by atoms with van der Waals surface area (Å²) in [5.41, 5.74) is 0.864. The zero-order chi connectivity index (χ0) is 12.7. The van der Waals surface area contributed by atoms with Gasteiger partial charge in [0.2, 0.25) is 0 Å². The number of oxazole rings is 1. The molecule has 1 aromatic rings. The maximum absolute atomic E-state index is 11.5. The van der Waals surface area contributed by atoms with E-state index in [0.717, 1.165) is 11.4 Å². The lowest BCUT2D eigenvalue weighted by Crippen LogP contribution is -2.36. The number of esters is 1. The van der Waals surface area contributed by atoms with E-state index in [0.29, 0.717) is 18.3 Å². The summed E-state index contributed by atoms with van der Waals surface area (Å²) in [6.45, 7) is 4.08. The molecule has 0 aliphatic heterocycles. The third-order valence-corrected chi connectivity index (χ3v) is 3.02. The lowest BCUT2D eigenvalue weighted by Gasteiger charge is -2.13. The fourth-order valence-corrected chi connectivity index (χ4v) is 2.14. The number of nitrogens with one attached hydrogen (secondary N) is 1. The normalized spacial score (nSPS) is 12.4. The van der Waals surface area contributed by atoms with Gasteiger partial charge in [-0.25, -0.2) is 4.98 Å². The molecule has 0 amide bonds. The molecule has 1 atom stereocenters. The second kappa shape index (κ2) is 7.34. The number of aromatic nitrogens is 1. The predicted octanol–water partition coefficient (Wildman–Crippen LogP) is 1.62. The van der Waals surface area contributed by atoms with Gasteiger partial charge in [-0.1, -0.05) is 11.8 Å². The highest BCUT2D eigenvalue weighted by molar-refractivity contribution is 7.99. The topological polar surface area (TPSA) is 64.4 Å². The number of ether oxygens (including phenoxy) is 1. The van der Waals surface area contributed by atoms with Crippen LogP contribution in [-0.4, -0.2) is 36.4 Å². The van der Waals surface area contributed by atoms with Gasteiger partial charge in [-0.3, -0.25) is 4.79 Å². The minimum absolute atomic E-state index is 0.209. The van der Waals surface area contributed by atoms with Gasteiger partial charge in [0.15, 0.2) is 0 Å². The number of nitrogens with zero attached hydrogens (tertiary/aromatic N) is 1. The fourth-order valence-electron chi connectivity index (χ4n) is 1.29. The van der Waals surface area contributed by atoms with Crippen molar-refractivity contribution < 1.29 is 13.9 Å². The van der Waals surface area contributed by atoms with Crippen LogP contribution in [0.25, 0.3) is 0 Å². The number of likely N-dealkylation sites (N-methyl/N-ethyl adjacent to an activating group) is 1. The maximum Gasteiger partial charge on any atom is 0.323 e. The summed E-state index contributed by atoms with van der Waals surface area (Å²) in [7, 11) is 1.75. The second-order valence-corrected chi connectivity index (χ2v) is 4.53. The van der Waals surface area contributed by atoms with Gasteiger partial charge in [-0.05, 0) is 27.3 Å². The van der Waals surface area contributed by atoms with Crippen molar-refractivity contribution in [2.75, 3.05) is 19.4 Å². The number of hydrogen-bond donors (Lipinski definition) is 1. The lowest BCUT2D eigenvalue weighted by atomic mass is 10.2. The van der Waals surface area contributed by atoms with E-state index in [9.17, 15) is 4.79 Å². The van der Waals surface area contributed by atoms with E-state index in [2.05, 4.69) is 10.3 Å². The van der Waals surface area contributed by atoms with Crippen molar-refractivity contribution >= 4 is 17.7 Å². The summed E-state index contributed by atoms with van der Waals surface area (Å²) in [5, 5.41) is 3.58. The van der Waals surface area contributed by atoms with E-state index in [4.69, 9.17) is 9.15 Å². The molecule has 0 aliphatic carbocycles. The Labute approximate surface area is 105 Å². The molecule has 0 spiro atoms. The third kappa shape index (κ3) is 4.79. The van der Waals surface area contributed by atoms with Crippen LogP contribution < -0.4 is 5.32 Å². The molecule has 5 nitrogen and oxygen atoms in total. The second-order valence-electron chi connectivity index (χ2n) is 3.49. The van der Waals surface area contributed by atoms with Gasteiger partial charge >= 0.3 is 5.97 Å². The minimum atomic E-state index is -0.265. The molecule has 1 N–H and O–H groups in total. The first kappa shape index (κ1) is 14.1. The summed E-state index contributed by atoms with van der Waals surface area (Å²) in [4.78, 5) is 15.7. The van der Waals surface area contributed by atoms with E-state index in [-0.39, 0.29) is 12.0 Å². The molecule has 0 aromatic carbocycles. The number of carbonyl (C=O) groups is 1. The molecule has 0 saturated heterocycles. The zero-order valence-corrected chi connectivity index (χ0v) is 11.2. The first-order chi connectivity index (χ1) is 8.17. The van der Waals surface area contributed by atoms with Gasteiger partial charge in [0.05, 0.1) is 12.3 Å². The Morgan fingerprint density at radius 3 is 3.00 bits per heavy atom. The predicted molar refractivity (Wildman–Crippen MR) is 66.1 cm³/mol. The van der Waals surface area contributed by atoms with Crippen LogP contribution in [0.5, 0.6) is 0 Å². The molecular weight excluding hydrogens is 240 g/mol. The van der Waals surface area contributed by atoms with Crippen LogP contribution in [0.15, 0.2) is 15.9 Å². The Hall–Kier alpha value is -1.01. The molecule has 6 heteroatoms. The van der Waals surface area contributed by atoms with Gasteiger partial charge in [-0.2, -0.15) is 0 Å². The summed E-state index contributed by atoms with van der Waals surface area (Å²) < 4.78 is 10.2. The van der Waals surface area contributed by atoms with Crippen molar-refractivity contribution in [2.24, 2.45) is 0 Å². The molecule has 1 unspecified atom stereocenters. The molecule has 0 radical (unpaired) electrons. The number of aryl methyl sites for hydroxylation is 1. The molecule has 1 rings (SSSR count). The highest BCUT2D eigenvalue weighted by Gasteiger charge is 2.17. The molecule has 0 saturated carbocycles. The van der Waals surface area contributed by atoms with Crippen molar-refractivity contribution in [3.63, 3.8) is 0 Å². The molecule has 0 fully saturated rings. The van der Waals surface area contributed by atoms with Gasteiger partial charge < -0.3 is 14.5 Å². The Kier molecular flexibility index (Phi) is 6.07. The van der Waals surface area contributed by atoms with Gasteiger partial charge in [0, 0.05) is 5.75 Å². The first-order valence-electron chi connectivity index (χ1n) is 5.56. The number of thioether (sulfide) groups is 1. The number of carbonyl (C=O) groups excluding carboxylic acids is 1. The SMILES string of the molecule is CCOC(=O)C(CCSc1nc(C)co1)NC. The average Bonchev–Trinajstić information content (AvgIpc) is 2.71. The van der Waals surface area contributed by atoms with Crippen molar-refractivity contribution in [3.05, 3.63) is 12.0 Å². The Balaban J connectivity index is 2.30. The summed E-state index contributed by atoms with van der Waals surface area (Å²) in [5.74, 6) is 0.545. The van der Waals surface area contributed by atoms with E-state index >= 15 is 0 Å². The molecule has 17 heavy (non-hydrogen) atoms. The average molecular weight is 258 g/mol. The van der Waals surface area contributed by atoms with Crippen molar-refractivity contribution in [2.45, 2.75) is 31.5 Å². The van der Waals surface area contributed by atoms with Crippen LogP contribution in [0.3, 0.4) is 0 Å². The quantitative estimate of drug-likeness (QED) is 0.592. The molecular formula is C11H18N2O3S. The van der Waals surface area contributed by atoms with Crippen molar-refractivity contribution in [3.8, 4) is 0 Å². The van der Waals surface area contributed by atoms with E-state index in [1.807, 2.05) is 6.92 Å². The summed E-state index contributed by atoms with van der Waals surface area (Å²) >= 11 is 1.49. The zero-order valence-electron chi connectivity index (χ0n) is 10.4. The van der Waals surface area contributed by atoms with Gasteiger partial charge in [-0.15, -0.1) is 0 Å². The third-order valence-electron chi connectivity index (χ3n) is 2.15. The van der Waals surface area contributed by atoms with Crippen LogP contribution >= 0.6 is 11.8 Å². The van der Waals surface area contributed by atoms with Gasteiger partial charge in [0.1, 0.15) is 12.3 Å². The standard InChI is InChI=1S/C11H18N2O3S/c1-4-15-10(14)9(12-3)5-6-17-11-13-8(2)7-16-11/h7,9,12H,4-6H2,1-3H3. The Bertz CT molecular complexity index is 354. The van der Waals surface area contributed by atoms with Crippen LogP contribution in [-0.2, 0) is 9.53 Å². The monoisotopic (exact) mass is 258 g/mol. The summed E-state index contributed by atoms with van der Waals surface area (Å²) in [6.07, 6.45) is 2.30. The van der Waals surface area contributed by atoms with Gasteiger partial charge in [0.25, 0.3) is 5.22 Å². The minimum Gasteiger partial charge on any atom is -0.465 e. The van der Waals surface area contributed by atoms with Crippen molar-refractivity contribution in [1.29, 1.82) is 0 Å². The molecule has 1 aromatic heterocycles. The van der Waals surface area contributed by atoms with E-state index < -0.39 is 0 Å². The number of rotatable bonds is 7. The molecule has 0 bridgehead atoms. The number of hydrogen-bond acceptors (Lipinski definition) is 6. The fraction of sp³-hybridized carbons (Fsp3) is 0.636. The Morgan fingerprint density at radius 1 is 1.71 bits per heavy atom. The van der Waals surface area contributed by atoms with Crippen LogP contribution in [0.1, 0.15) is 19.0 Å². The first-order valence-corrected chi connectivity index (χ1v) is 6.54. The highest BCUT2D eigenvalue weighted by Crippen LogP contribution is 2.18. The highest BCUT2D eigenvalue weighted by atomic mass is 32.2. The molecule has 96 valence electrons. The maximum atomic E-state index is 11.5. The van der Waals surface area contributed by atoms with Crippen LogP contribution in [0.2, 0.25) is 0 Å². The lowest BCUT2D eigenvalue weighted by molar-refractivity contribution is -0.145. The van der Waals surface area contributed by atoms with Crippen molar-refractivity contribution in [1.82, 2.24) is 10.3 Å². The molecule has 1 heterocycles. The smallest absolute Gasteiger partial charge is 0.323 e.